The van der Waals surface area contributed by atoms with Gasteiger partial charge >= 0.3 is 0 Å². The monoisotopic (exact) mass is 885 g/mol. The second kappa shape index (κ2) is 16.9. The summed E-state index contributed by atoms with van der Waals surface area (Å²) < 4.78 is 2.27. The van der Waals surface area contributed by atoms with Gasteiger partial charge in [0.1, 0.15) is 11.6 Å². The number of fused-ring (bicyclic) bond motifs is 2. The minimum Gasteiger partial charge on any atom is -0.507 e. The van der Waals surface area contributed by atoms with Gasteiger partial charge in [-0.25, -0.2) is 4.98 Å². The Bertz CT molecular complexity index is 3490. The van der Waals surface area contributed by atoms with Crippen molar-refractivity contribution >= 4 is 21.9 Å². The molecule has 0 aliphatic heterocycles. The molecular weight excluding hydrogens is 827 g/mol. The number of pyridine rings is 1. The van der Waals surface area contributed by atoms with Crippen molar-refractivity contribution in [1.29, 1.82) is 0 Å². The van der Waals surface area contributed by atoms with E-state index in [-0.39, 0.29) is 22.0 Å². The number of phenolic OH excluding ortho intramolecular Hbond substituents is 1. The summed E-state index contributed by atoms with van der Waals surface area (Å²) in [7, 11) is 0. The molecule has 0 amide bonds. The molecule has 2 heterocycles. The molecule has 0 unspecified atom stereocenters. The zero-order valence-electron chi connectivity index (χ0n) is 40.7. The van der Waals surface area contributed by atoms with Crippen LogP contribution < -0.4 is 0 Å². The summed E-state index contributed by atoms with van der Waals surface area (Å²) in [6.45, 7) is 20.3. The molecule has 0 radical (unpaired) electrons. The first kappa shape index (κ1) is 44.3. The molecule has 0 saturated carbocycles. The Morgan fingerprint density at radius 3 is 1.59 bits per heavy atom. The van der Waals surface area contributed by atoms with Crippen molar-refractivity contribution in [2.24, 2.45) is 0 Å². The lowest BCUT2D eigenvalue weighted by Gasteiger charge is -2.25. The van der Waals surface area contributed by atoms with Crippen molar-refractivity contribution in [3.8, 4) is 78.5 Å². The van der Waals surface area contributed by atoms with E-state index in [0.29, 0.717) is 11.4 Å². The lowest BCUT2D eigenvalue weighted by Crippen LogP contribution is -2.13. The molecule has 8 aromatic carbocycles. The van der Waals surface area contributed by atoms with Gasteiger partial charge in [0.15, 0.2) is 0 Å². The molecule has 0 bridgehead atoms. The van der Waals surface area contributed by atoms with Gasteiger partial charge in [0.2, 0.25) is 0 Å². The van der Waals surface area contributed by atoms with E-state index in [1.807, 2.05) is 18.3 Å². The van der Waals surface area contributed by atoms with Crippen molar-refractivity contribution in [2.75, 3.05) is 0 Å². The number of hydrogen-bond acceptors (Lipinski definition) is 3. The standard InChI is InChI=1S/C64H59N3O/c1-62(2,3)47-28-31-58(68)55(37-47)61-66-60-52(44-26-19-27-45(34-44)53-38-48(63(4,5)6)39-54-50(32-33-65-59(53)54)42-22-15-11-16-23-42)35-46(41-20-13-10-14-21-41)36-57(60)67(61)49-29-30-56(64(7,8)9)51(40-49)43-24-17-12-18-25-43/h10-40,68H,1-9H3. The van der Waals surface area contributed by atoms with E-state index in [2.05, 4.69) is 237 Å². The van der Waals surface area contributed by atoms with Crippen molar-refractivity contribution in [3.63, 3.8) is 0 Å². The molecule has 4 nitrogen and oxygen atoms in total. The highest BCUT2D eigenvalue weighted by Gasteiger charge is 2.27. The first-order valence-electron chi connectivity index (χ1n) is 23.8. The summed E-state index contributed by atoms with van der Waals surface area (Å²) in [5.74, 6) is 0.860. The van der Waals surface area contributed by atoms with Crippen LogP contribution in [0.1, 0.15) is 79.0 Å². The molecule has 0 atom stereocenters. The summed E-state index contributed by atoms with van der Waals surface area (Å²) in [6.07, 6.45) is 1.94. The third kappa shape index (κ3) is 8.30. The topological polar surface area (TPSA) is 50.9 Å². The number of aromatic nitrogens is 3. The molecule has 4 heteroatoms. The van der Waals surface area contributed by atoms with E-state index in [1.54, 1.807) is 0 Å². The van der Waals surface area contributed by atoms with Crippen LogP contribution in [0.4, 0.5) is 0 Å². The molecule has 2 aromatic heterocycles. The first-order valence-corrected chi connectivity index (χ1v) is 23.8. The fourth-order valence-corrected chi connectivity index (χ4v) is 9.63. The molecule has 68 heavy (non-hydrogen) atoms. The Balaban J connectivity index is 1.28. The number of imidazole rings is 1. The summed E-state index contributed by atoms with van der Waals surface area (Å²) in [5, 5.41) is 13.0. The minimum absolute atomic E-state index is 0.106. The highest BCUT2D eigenvalue weighted by Crippen LogP contribution is 2.45. The van der Waals surface area contributed by atoms with E-state index in [0.717, 1.165) is 77.7 Å². The molecule has 336 valence electrons. The average Bonchev–Trinajstić information content (AvgIpc) is 3.72. The highest BCUT2D eigenvalue weighted by molar-refractivity contribution is 6.04. The smallest absolute Gasteiger partial charge is 0.149 e. The molecule has 0 spiro atoms. The molecule has 0 aliphatic carbocycles. The van der Waals surface area contributed by atoms with Crippen LogP contribution in [-0.4, -0.2) is 19.6 Å². The summed E-state index contributed by atoms with van der Waals surface area (Å²) in [6, 6.07) is 64.9. The normalized spacial score (nSPS) is 12.2. The van der Waals surface area contributed by atoms with Gasteiger partial charge < -0.3 is 5.11 Å². The van der Waals surface area contributed by atoms with Crippen molar-refractivity contribution in [1.82, 2.24) is 14.5 Å². The van der Waals surface area contributed by atoms with Crippen molar-refractivity contribution < 1.29 is 5.11 Å². The van der Waals surface area contributed by atoms with Gasteiger partial charge in [-0.05, 0) is 138 Å². The Morgan fingerprint density at radius 1 is 0.397 bits per heavy atom. The Morgan fingerprint density at radius 2 is 0.971 bits per heavy atom. The first-order chi connectivity index (χ1) is 32.5. The largest absolute Gasteiger partial charge is 0.507 e. The maximum absolute atomic E-state index is 11.9. The fraction of sp³-hybridized carbons (Fsp3) is 0.188. The summed E-state index contributed by atoms with van der Waals surface area (Å²) in [4.78, 5) is 10.8. The molecule has 0 saturated heterocycles. The number of aromatic hydroxyl groups is 1. The van der Waals surface area contributed by atoms with Gasteiger partial charge in [0.05, 0.1) is 22.1 Å². The average molecular weight is 886 g/mol. The van der Waals surface area contributed by atoms with E-state index in [9.17, 15) is 5.11 Å². The minimum atomic E-state index is -0.161. The summed E-state index contributed by atoms with van der Waals surface area (Å²) in [5.41, 5.74) is 18.7. The van der Waals surface area contributed by atoms with Crippen LogP contribution in [0.25, 0.3) is 94.6 Å². The van der Waals surface area contributed by atoms with Gasteiger partial charge in [-0.15, -0.1) is 0 Å². The number of benzene rings is 8. The van der Waals surface area contributed by atoms with Gasteiger partial charge in [-0.2, -0.15) is 0 Å². The van der Waals surface area contributed by atoms with Gasteiger partial charge in [-0.1, -0.05) is 184 Å². The number of phenols is 1. The van der Waals surface area contributed by atoms with Gasteiger partial charge in [0.25, 0.3) is 0 Å². The number of rotatable bonds is 7. The molecule has 10 rings (SSSR count). The molecule has 0 fully saturated rings. The van der Waals surface area contributed by atoms with E-state index < -0.39 is 0 Å². The van der Waals surface area contributed by atoms with Crippen molar-refractivity contribution in [3.05, 3.63) is 205 Å². The third-order valence-corrected chi connectivity index (χ3v) is 13.4. The highest BCUT2D eigenvalue weighted by atomic mass is 16.3. The van der Waals surface area contributed by atoms with Crippen LogP contribution in [0.3, 0.4) is 0 Å². The third-order valence-electron chi connectivity index (χ3n) is 13.4. The summed E-state index contributed by atoms with van der Waals surface area (Å²) >= 11 is 0. The van der Waals surface area contributed by atoms with E-state index >= 15 is 0 Å². The zero-order valence-corrected chi connectivity index (χ0v) is 40.7. The molecule has 1 N–H and O–H groups in total. The lowest BCUT2D eigenvalue weighted by atomic mass is 9.81. The molecular formula is C64H59N3O. The van der Waals surface area contributed by atoms with Gasteiger partial charge in [0, 0.05) is 28.4 Å². The Kier molecular flexibility index (Phi) is 11.0. The fourth-order valence-electron chi connectivity index (χ4n) is 9.63. The number of hydrogen-bond donors (Lipinski definition) is 1. The van der Waals surface area contributed by atoms with E-state index in [1.165, 1.54) is 22.3 Å². The van der Waals surface area contributed by atoms with E-state index in [4.69, 9.17) is 9.97 Å². The quantitative estimate of drug-likeness (QED) is 0.173. The second-order valence-corrected chi connectivity index (χ2v) is 21.3. The van der Waals surface area contributed by atoms with Crippen LogP contribution >= 0.6 is 0 Å². The van der Waals surface area contributed by atoms with Gasteiger partial charge in [-0.3, -0.25) is 9.55 Å². The Hall–Kier alpha value is -7.56. The van der Waals surface area contributed by atoms with Crippen LogP contribution in [0.5, 0.6) is 5.75 Å². The predicted molar refractivity (Wildman–Crippen MR) is 287 cm³/mol. The van der Waals surface area contributed by atoms with Crippen LogP contribution in [0, 0.1) is 0 Å². The predicted octanol–water partition coefficient (Wildman–Crippen LogP) is 17.2. The number of nitrogens with zero attached hydrogens (tertiary/aromatic N) is 3. The SMILES string of the molecule is CC(C)(C)c1ccc(O)c(-c2nc3c(-c4cccc(-c5cc(C(C)(C)C)cc6c(-c7ccccc7)ccnc56)c4)cc(-c4ccccc4)cc3n2-c2ccc(C(C)(C)C)c(-c3ccccc3)c2)c1. The molecule has 0 aliphatic rings. The van der Waals surface area contributed by atoms with Crippen molar-refractivity contribution in [2.45, 2.75) is 78.6 Å². The Labute approximate surface area is 401 Å². The van der Waals surface area contributed by atoms with Crippen LogP contribution in [-0.2, 0) is 16.2 Å². The maximum Gasteiger partial charge on any atom is 0.149 e. The maximum atomic E-state index is 11.9. The van der Waals surface area contributed by atoms with Crippen LogP contribution in [0.2, 0.25) is 0 Å². The van der Waals surface area contributed by atoms with Crippen LogP contribution in [0.15, 0.2) is 188 Å². The zero-order chi connectivity index (χ0) is 47.5. The lowest BCUT2D eigenvalue weighted by molar-refractivity contribution is 0.475. The second-order valence-electron chi connectivity index (χ2n) is 21.3. The molecule has 10 aromatic rings.